The van der Waals surface area contributed by atoms with Gasteiger partial charge in [0.05, 0.1) is 5.71 Å². The lowest BCUT2D eigenvalue weighted by molar-refractivity contribution is -0.613. The number of aromatic nitrogens is 1. The van der Waals surface area contributed by atoms with E-state index in [9.17, 15) is 9.60 Å². The second-order valence-electron chi connectivity index (χ2n) is 5.56. The highest BCUT2D eigenvalue weighted by Crippen LogP contribution is 2.29. The highest BCUT2D eigenvalue weighted by atomic mass is 19.1. The second-order valence-corrected chi connectivity index (χ2v) is 5.56. The van der Waals surface area contributed by atoms with E-state index in [2.05, 4.69) is 5.32 Å². The van der Waals surface area contributed by atoms with E-state index in [1.54, 1.807) is 31.4 Å². The van der Waals surface area contributed by atoms with Crippen molar-refractivity contribution in [2.24, 2.45) is 0 Å². The minimum atomic E-state index is -0.325. The molecule has 0 saturated heterocycles. The Labute approximate surface area is 134 Å². The Morgan fingerprint density at radius 1 is 1.26 bits per heavy atom. The van der Waals surface area contributed by atoms with Crippen molar-refractivity contribution in [2.75, 3.05) is 7.05 Å². The summed E-state index contributed by atoms with van der Waals surface area (Å²) in [4.78, 5) is 0. The van der Waals surface area contributed by atoms with Gasteiger partial charge < -0.3 is 10.5 Å². The summed E-state index contributed by atoms with van der Waals surface area (Å²) in [5.41, 5.74) is 4.34. The van der Waals surface area contributed by atoms with E-state index in [0.29, 0.717) is 16.8 Å². The van der Waals surface area contributed by atoms with Crippen molar-refractivity contribution in [1.82, 2.24) is 5.32 Å². The van der Waals surface area contributed by atoms with Crippen molar-refractivity contribution in [3.8, 4) is 0 Å². The van der Waals surface area contributed by atoms with Crippen molar-refractivity contribution >= 4 is 11.3 Å². The molecule has 5 heteroatoms. The molecule has 1 aromatic carbocycles. The van der Waals surface area contributed by atoms with E-state index in [4.69, 9.17) is 5.41 Å². The van der Waals surface area contributed by atoms with Crippen LogP contribution in [0.3, 0.4) is 0 Å². The lowest BCUT2D eigenvalue weighted by Crippen LogP contribution is -2.31. The van der Waals surface area contributed by atoms with Gasteiger partial charge in [0.15, 0.2) is 11.9 Å². The third-order valence-electron chi connectivity index (χ3n) is 4.14. The highest BCUT2D eigenvalue weighted by Gasteiger charge is 2.25. The maximum Gasteiger partial charge on any atom is 0.196 e. The lowest BCUT2D eigenvalue weighted by atomic mass is 9.93. The Kier molecular flexibility index (Phi) is 4.10. The molecular weight excluding hydrogens is 293 g/mol. The van der Waals surface area contributed by atoms with Crippen LogP contribution in [0, 0.1) is 16.4 Å². The molecule has 0 amide bonds. The number of rotatable bonds is 4. The number of pyridine rings is 1. The summed E-state index contributed by atoms with van der Waals surface area (Å²) in [6.07, 6.45) is 5.82. The van der Waals surface area contributed by atoms with E-state index >= 15 is 0 Å². The van der Waals surface area contributed by atoms with E-state index in [0.717, 1.165) is 40.8 Å². The van der Waals surface area contributed by atoms with E-state index in [1.165, 1.54) is 18.3 Å². The molecule has 1 aliphatic carbocycles. The van der Waals surface area contributed by atoms with Crippen LogP contribution in [-0.4, -0.2) is 12.8 Å². The Hall–Kier alpha value is -2.69. The zero-order valence-corrected chi connectivity index (χ0v) is 12.9. The van der Waals surface area contributed by atoms with Crippen LogP contribution in [0.1, 0.15) is 28.8 Å². The van der Waals surface area contributed by atoms with Gasteiger partial charge in [0, 0.05) is 48.0 Å². The zero-order valence-electron chi connectivity index (χ0n) is 12.9. The van der Waals surface area contributed by atoms with E-state index in [1.807, 2.05) is 0 Å². The molecule has 23 heavy (non-hydrogen) atoms. The van der Waals surface area contributed by atoms with Crippen molar-refractivity contribution in [1.29, 1.82) is 5.41 Å². The zero-order chi connectivity index (χ0) is 16.4. The summed E-state index contributed by atoms with van der Waals surface area (Å²) in [6.45, 7) is 0. The quantitative estimate of drug-likeness (QED) is 0.518. The summed E-state index contributed by atoms with van der Waals surface area (Å²) >= 11 is 0. The average molecular weight is 311 g/mol. The van der Waals surface area contributed by atoms with Crippen LogP contribution < -0.4 is 10.0 Å². The fourth-order valence-corrected chi connectivity index (χ4v) is 3.05. The fraction of sp³-hybridized carbons (Fsp3) is 0.222. The van der Waals surface area contributed by atoms with Gasteiger partial charge in [-0.1, -0.05) is 0 Å². The molecule has 0 saturated carbocycles. The number of nitrogens with one attached hydrogen (secondary N) is 2. The minimum Gasteiger partial charge on any atom is -0.618 e. The summed E-state index contributed by atoms with van der Waals surface area (Å²) in [7, 11) is 1.77. The van der Waals surface area contributed by atoms with E-state index < -0.39 is 0 Å². The first kappa shape index (κ1) is 15.2. The Morgan fingerprint density at radius 2 is 2.00 bits per heavy atom. The highest BCUT2D eigenvalue weighted by molar-refractivity contribution is 6.30. The van der Waals surface area contributed by atoms with Gasteiger partial charge in [-0.05, 0) is 37.1 Å². The number of fused-ring (bicyclic) bond motifs is 1. The normalized spacial score (nSPS) is 13.7. The number of nitrogens with zero attached hydrogens (tertiary/aromatic N) is 1. The van der Waals surface area contributed by atoms with Gasteiger partial charge in [-0.25, -0.2) is 4.39 Å². The van der Waals surface area contributed by atoms with Crippen LogP contribution in [0.5, 0.6) is 0 Å². The molecule has 4 nitrogen and oxygen atoms in total. The molecule has 0 bridgehead atoms. The first-order valence-corrected chi connectivity index (χ1v) is 7.58. The van der Waals surface area contributed by atoms with Crippen LogP contribution in [0.25, 0.3) is 5.57 Å². The maximum atomic E-state index is 13.1. The number of allylic oxidation sites excluding steroid dienone is 1. The summed E-state index contributed by atoms with van der Waals surface area (Å²) < 4.78 is 14.0. The number of hydrogen-bond acceptors (Lipinski definition) is 3. The van der Waals surface area contributed by atoms with Gasteiger partial charge in [0.25, 0.3) is 0 Å². The monoisotopic (exact) mass is 311 g/mol. The van der Waals surface area contributed by atoms with Crippen molar-refractivity contribution in [2.45, 2.75) is 19.3 Å². The molecule has 2 N–H and O–H groups in total. The smallest absolute Gasteiger partial charge is 0.196 e. The lowest BCUT2D eigenvalue weighted by Gasteiger charge is -2.14. The largest absolute Gasteiger partial charge is 0.618 e. The van der Waals surface area contributed by atoms with Gasteiger partial charge in [0.1, 0.15) is 5.82 Å². The number of hydrogen-bond donors (Lipinski definition) is 2. The molecule has 0 atom stereocenters. The molecule has 0 aliphatic heterocycles. The van der Waals surface area contributed by atoms with Crippen molar-refractivity contribution < 1.29 is 9.12 Å². The van der Waals surface area contributed by atoms with Gasteiger partial charge in [-0.2, -0.15) is 4.73 Å². The first-order valence-electron chi connectivity index (χ1n) is 7.58. The molecule has 0 spiro atoms. The molecule has 1 aromatic heterocycles. The molecule has 0 unspecified atom stereocenters. The van der Waals surface area contributed by atoms with Crippen LogP contribution in [0.2, 0.25) is 0 Å². The van der Waals surface area contributed by atoms with Gasteiger partial charge in [-0.15, -0.1) is 0 Å². The average Bonchev–Trinajstić information content (AvgIpc) is 3.04. The Morgan fingerprint density at radius 3 is 2.70 bits per heavy atom. The van der Waals surface area contributed by atoms with Crippen molar-refractivity contribution in [3.63, 3.8) is 0 Å². The Bertz CT molecular complexity index is 782. The van der Waals surface area contributed by atoms with Gasteiger partial charge >= 0.3 is 0 Å². The molecule has 3 rings (SSSR count). The maximum absolute atomic E-state index is 13.1. The van der Waals surface area contributed by atoms with Crippen LogP contribution in [-0.2, 0) is 12.8 Å². The van der Waals surface area contributed by atoms with E-state index in [-0.39, 0.29) is 5.82 Å². The molecule has 0 radical (unpaired) electrons. The predicted octanol–water partition coefficient (Wildman–Crippen LogP) is 2.58. The number of halogens is 1. The molecular formula is C18H18FN3O. The molecule has 1 aliphatic rings. The summed E-state index contributed by atoms with van der Waals surface area (Å²) in [5, 5.41) is 23.4. The standard InChI is InChI=1S/C18H18FN3O/c1-21-11-16(18(20)12-5-7-13(19)8-6-12)14-9-10-22(23)17-4-2-3-15(14)17/h5-11,20-21H,2-4H2,1H3/b16-11-,20-18?. The number of benzene rings is 1. The third-order valence-corrected chi connectivity index (χ3v) is 4.14. The molecule has 2 aromatic rings. The third kappa shape index (κ3) is 2.82. The molecule has 118 valence electrons. The van der Waals surface area contributed by atoms with Crippen LogP contribution in [0.4, 0.5) is 4.39 Å². The van der Waals surface area contributed by atoms with Gasteiger partial charge in [-0.3, -0.25) is 5.41 Å². The molecule has 1 heterocycles. The van der Waals surface area contributed by atoms with Crippen LogP contribution >= 0.6 is 0 Å². The van der Waals surface area contributed by atoms with Crippen LogP contribution in [0.15, 0.2) is 42.7 Å². The second kappa shape index (κ2) is 6.20. The SMILES string of the molecule is CN/C=C(\C(=N)c1ccc(F)cc1)c1cc[n+]([O-])c2c1CCC2. The molecule has 0 fully saturated rings. The van der Waals surface area contributed by atoms with Gasteiger partial charge in [0.2, 0.25) is 0 Å². The fourth-order valence-electron chi connectivity index (χ4n) is 3.05. The van der Waals surface area contributed by atoms with Crippen molar-refractivity contribution in [3.05, 3.63) is 76.1 Å². The summed E-state index contributed by atoms with van der Waals surface area (Å²) in [5.74, 6) is -0.325. The Balaban J connectivity index is 2.07. The first-order chi connectivity index (χ1) is 11.1. The predicted molar refractivity (Wildman–Crippen MR) is 87.7 cm³/mol. The topological polar surface area (TPSA) is 62.8 Å². The minimum absolute atomic E-state index is 0.303. The summed E-state index contributed by atoms with van der Waals surface area (Å²) in [6, 6.07) is 7.65.